The molecular weight excluding hydrogens is 369 g/mol. The summed E-state index contributed by atoms with van der Waals surface area (Å²) in [5.41, 5.74) is -0.181. The molecule has 2 rings (SSSR count). The summed E-state index contributed by atoms with van der Waals surface area (Å²) < 4.78 is 69.7. The number of alkyl halides is 3. The molecule has 0 radical (unpaired) electrons. The van der Waals surface area contributed by atoms with E-state index in [0.717, 1.165) is 12.1 Å². The van der Waals surface area contributed by atoms with Crippen molar-refractivity contribution in [1.82, 2.24) is 9.62 Å². The minimum atomic E-state index is -4.42. The smallest absolute Gasteiger partial charge is 0.416 e. The Kier molecular flexibility index (Phi) is 5.94. The molecule has 9 heteroatoms. The molecule has 0 fully saturated rings. The van der Waals surface area contributed by atoms with Crippen LogP contribution in [-0.2, 0) is 22.7 Å². The van der Waals surface area contributed by atoms with E-state index < -0.39 is 21.8 Å². The molecule has 0 amide bonds. The van der Waals surface area contributed by atoms with Crippen LogP contribution in [0.15, 0.2) is 47.4 Å². The van der Waals surface area contributed by atoms with Crippen molar-refractivity contribution in [3.05, 3.63) is 53.6 Å². The van der Waals surface area contributed by atoms with E-state index >= 15 is 0 Å². The first-order chi connectivity index (χ1) is 12.0. The molecule has 1 N–H and O–H groups in total. The number of nitrogens with zero attached hydrogens (tertiary/aromatic N) is 1. The highest BCUT2D eigenvalue weighted by Crippen LogP contribution is 2.33. The van der Waals surface area contributed by atoms with Gasteiger partial charge in [0.05, 0.1) is 10.5 Å². The summed E-state index contributed by atoms with van der Waals surface area (Å²) in [6.07, 6.45) is -4.42. The summed E-state index contributed by atoms with van der Waals surface area (Å²) in [4.78, 5) is 1.90. The van der Waals surface area contributed by atoms with E-state index in [2.05, 4.69) is 4.72 Å². The van der Waals surface area contributed by atoms with E-state index in [1.54, 1.807) is 14.1 Å². The highest BCUT2D eigenvalue weighted by Gasteiger charge is 2.30. The summed E-state index contributed by atoms with van der Waals surface area (Å²) in [6.45, 7) is 0.392. The third-order valence-electron chi connectivity index (χ3n) is 3.51. The Bertz CT molecular complexity index is 864. The van der Waals surface area contributed by atoms with Crippen molar-refractivity contribution in [2.24, 2.45) is 0 Å². The maximum Gasteiger partial charge on any atom is 0.416 e. The van der Waals surface area contributed by atoms with Crippen LogP contribution < -0.4 is 9.46 Å². The minimum Gasteiger partial charge on any atom is -0.457 e. The minimum absolute atomic E-state index is 0.0802. The highest BCUT2D eigenvalue weighted by atomic mass is 32.2. The summed E-state index contributed by atoms with van der Waals surface area (Å²) in [5.74, 6) is 0.593. The lowest BCUT2D eigenvalue weighted by Gasteiger charge is -2.16. The lowest BCUT2D eigenvalue weighted by molar-refractivity contribution is -0.137. The molecular formula is C17H19F3N2O3S. The fraction of sp³-hybridized carbons (Fsp3) is 0.294. The van der Waals surface area contributed by atoms with Gasteiger partial charge in [-0.05, 0) is 63.6 Å². The number of ether oxygens (including phenoxy) is 1. The molecule has 0 aliphatic heterocycles. The number of rotatable bonds is 6. The molecule has 0 aliphatic rings. The van der Waals surface area contributed by atoms with Crippen molar-refractivity contribution >= 4 is 10.0 Å². The summed E-state index contributed by atoms with van der Waals surface area (Å²) in [6, 6.07) is 8.65. The molecule has 0 bridgehead atoms. The predicted octanol–water partition coefficient (Wildman–Crippen LogP) is 3.47. The molecule has 0 saturated carbocycles. The molecule has 5 nitrogen and oxygen atoms in total. The third kappa shape index (κ3) is 4.96. The lowest BCUT2D eigenvalue weighted by atomic mass is 10.2. The van der Waals surface area contributed by atoms with Gasteiger partial charge in [-0.15, -0.1) is 0 Å². The Morgan fingerprint density at radius 1 is 1.08 bits per heavy atom. The van der Waals surface area contributed by atoms with E-state index in [1.165, 1.54) is 37.4 Å². The molecule has 0 aliphatic carbocycles. The van der Waals surface area contributed by atoms with Gasteiger partial charge in [0.1, 0.15) is 11.5 Å². The third-order valence-corrected chi connectivity index (χ3v) is 4.92. The summed E-state index contributed by atoms with van der Waals surface area (Å²) in [5, 5.41) is 0. The zero-order valence-corrected chi connectivity index (χ0v) is 15.3. The highest BCUT2D eigenvalue weighted by molar-refractivity contribution is 7.89. The Morgan fingerprint density at radius 2 is 1.69 bits per heavy atom. The van der Waals surface area contributed by atoms with Gasteiger partial charge in [-0.25, -0.2) is 13.1 Å². The van der Waals surface area contributed by atoms with Crippen molar-refractivity contribution < 1.29 is 26.3 Å². The number of sulfonamides is 1. The number of halogens is 3. The summed E-state index contributed by atoms with van der Waals surface area (Å²) >= 11 is 0. The largest absolute Gasteiger partial charge is 0.457 e. The molecule has 26 heavy (non-hydrogen) atoms. The van der Waals surface area contributed by atoms with E-state index in [4.69, 9.17) is 4.74 Å². The van der Waals surface area contributed by atoms with Crippen molar-refractivity contribution in [3.63, 3.8) is 0 Å². The number of hydrogen-bond acceptors (Lipinski definition) is 4. The van der Waals surface area contributed by atoms with Crippen LogP contribution in [-0.4, -0.2) is 34.5 Å². The molecule has 142 valence electrons. The Hall–Kier alpha value is -2.10. The van der Waals surface area contributed by atoms with Gasteiger partial charge < -0.3 is 9.64 Å². The van der Waals surface area contributed by atoms with Gasteiger partial charge >= 0.3 is 6.18 Å². The van der Waals surface area contributed by atoms with E-state index in [0.29, 0.717) is 17.9 Å². The van der Waals surface area contributed by atoms with Crippen LogP contribution in [0, 0.1) is 0 Å². The maximum atomic E-state index is 12.6. The van der Waals surface area contributed by atoms with E-state index in [1.807, 2.05) is 4.90 Å². The number of nitrogens with one attached hydrogen (secondary N) is 1. The fourth-order valence-corrected chi connectivity index (χ4v) is 3.02. The normalized spacial score (nSPS) is 12.4. The van der Waals surface area contributed by atoms with E-state index in [-0.39, 0.29) is 10.6 Å². The SMILES string of the molecule is CNS(=O)(=O)c1ccc(Oc2ccc(C(F)(F)F)cc2)c(CN(C)C)c1. The first-order valence-electron chi connectivity index (χ1n) is 7.59. The van der Waals surface area contributed by atoms with Gasteiger partial charge in [-0.3, -0.25) is 0 Å². The van der Waals surface area contributed by atoms with Crippen LogP contribution in [0.2, 0.25) is 0 Å². The standard InChI is InChI=1S/C17H19F3N2O3S/c1-21-26(23,24)15-8-9-16(12(10-15)11-22(2)3)25-14-6-4-13(5-7-14)17(18,19)20/h4-10,21H,11H2,1-3H3. The van der Waals surface area contributed by atoms with Crippen LogP contribution in [0.25, 0.3) is 0 Å². The summed E-state index contributed by atoms with van der Waals surface area (Å²) in [7, 11) is 1.31. The van der Waals surface area contributed by atoms with Crippen molar-refractivity contribution in [1.29, 1.82) is 0 Å². The van der Waals surface area contributed by atoms with Crippen LogP contribution in [0.5, 0.6) is 11.5 Å². The molecule has 2 aromatic carbocycles. The lowest BCUT2D eigenvalue weighted by Crippen LogP contribution is -2.19. The van der Waals surface area contributed by atoms with Gasteiger partial charge in [-0.1, -0.05) is 0 Å². The van der Waals surface area contributed by atoms with Gasteiger partial charge in [0.2, 0.25) is 10.0 Å². The van der Waals surface area contributed by atoms with Gasteiger partial charge in [0.15, 0.2) is 0 Å². The number of hydrogen-bond donors (Lipinski definition) is 1. The van der Waals surface area contributed by atoms with Crippen LogP contribution in [0.4, 0.5) is 13.2 Å². The van der Waals surface area contributed by atoms with Gasteiger partial charge in [0, 0.05) is 12.1 Å². The second-order valence-corrected chi connectivity index (χ2v) is 7.73. The molecule has 0 aromatic heterocycles. The maximum absolute atomic E-state index is 12.6. The number of benzene rings is 2. The van der Waals surface area contributed by atoms with Crippen LogP contribution >= 0.6 is 0 Å². The van der Waals surface area contributed by atoms with Crippen LogP contribution in [0.3, 0.4) is 0 Å². The Balaban J connectivity index is 2.36. The van der Waals surface area contributed by atoms with Crippen LogP contribution in [0.1, 0.15) is 11.1 Å². The van der Waals surface area contributed by atoms with E-state index in [9.17, 15) is 21.6 Å². The second-order valence-electron chi connectivity index (χ2n) is 5.84. The quantitative estimate of drug-likeness (QED) is 0.823. The average Bonchev–Trinajstić information content (AvgIpc) is 2.55. The van der Waals surface area contributed by atoms with Gasteiger partial charge in [0.25, 0.3) is 0 Å². The molecule has 0 saturated heterocycles. The Morgan fingerprint density at radius 3 is 2.19 bits per heavy atom. The van der Waals surface area contributed by atoms with Crippen molar-refractivity contribution in [2.75, 3.05) is 21.1 Å². The molecule has 0 heterocycles. The monoisotopic (exact) mass is 388 g/mol. The first kappa shape index (κ1) is 20.2. The zero-order chi connectivity index (χ0) is 19.5. The Labute approximate surface area is 150 Å². The van der Waals surface area contributed by atoms with Crippen molar-refractivity contribution in [2.45, 2.75) is 17.6 Å². The first-order valence-corrected chi connectivity index (χ1v) is 9.07. The van der Waals surface area contributed by atoms with Crippen molar-refractivity contribution in [3.8, 4) is 11.5 Å². The van der Waals surface area contributed by atoms with Gasteiger partial charge in [-0.2, -0.15) is 13.2 Å². The predicted molar refractivity (Wildman–Crippen MR) is 91.6 cm³/mol. The fourth-order valence-electron chi connectivity index (χ4n) is 2.24. The zero-order valence-electron chi connectivity index (χ0n) is 14.5. The molecule has 0 atom stereocenters. The average molecular weight is 388 g/mol. The molecule has 0 unspecified atom stereocenters. The second kappa shape index (κ2) is 7.65. The molecule has 2 aromatic rings. The molecule has 0 spiro atoms. The topological polar surface area (TPSA) is 58.6 Å².